The summed E-state index contributed by atoms with van der Waals surface area (Å²) < 4.78 is 11.5. The molecule has 0 radical (unpaired) electrons. The maximum atomic E-state index is 12.3. The molecule has 2 aromatic rings. The number of anilines is 2. The Morgan fingerprint density at radius 3 is 2.61 bits per heavy atom. The third-order valence-electron chi connectivity index (χ3n) is 5.27. The van der Waals surface area contributed by atoms with Crippen LogP contribution >= 0.6 is 0 Å². The van der Waals surface area contributed by atoms with Crippen LogP contribution in [0, 0.1) is 5.92 Å². The van der Waals surface area contributed by atoms with E-state index in [0.717, 1.165) is 63.7 Å². The second-order valence-corrected chi connectivity index (χ2v) is 7.35. The molecule has 0 aliphatic carbocycles. The average Bonchev–Trinajstić information content (AvgIpc) is 3.27. The molecular formula is C21H26N4O3. The molecule has 0 bridgehead atoms. The quantitative estimate of drug-likeness (QED) is 0.828. The lowest BCUT2D eigenvalue weighted by Gasteiger charge is -2.32. The number of benzene rings is 1. The van der Waals surface area contributed by atoms with E-state index in [1.165, 1.54) is 0 Å². The second kappa shape index (κ2) is 9.12. The standard InChI is InChI=1S/C21H26N4O3/c26-21(22-17-4-2-1-3-5-17)19-6-7-20(24-23-19)25-11-8-18(9-12-25)28-15-16-10-13-27-14-16/h1-7,16,18H,8-15H2,(H,22,26). The zero-order valence-corrected chi connectivity index (χ0v) is 15.9. The normalized spacial score (nSPS) is 20.3. The van der Waals surface area contributed by atoms with E-state index in [0.29, 0.717) is 17.7 Å². The number of carbonyl (C=O) groups is 1. The highest BCUT2D eigenvalue weighted by atomic mass is 16.5. The predicted molar refractivity (Wildman–Crippen MR) is 107 cm³/mol. The first kappa shape index (κ1) is 18.8. The summed E-state index contributed by atoms with van der Waals surface area (Å²) in [5, 5.41) is 11.2. The summed E-state index contributed by atoms with van der Waals surface area (Å²) in [7, 11) is 0. The van der Waals surface area contributed by atoms with Gasteiger partial charge in [0.1, 0.15) is 0 Å². The van der Waals surface area contributed by atoms with E-state index < -0.39 is 0 Å². The molecule has 7 heteroatoms. The molecule has 1 atom stereocenters. The van der Waals surface area contributed by atoms with Gasteiger partial charge in [0.25, 0.3) is 5.91 Å². The van der Waals surface area contributed by atoms with E-state index in [-0.39, 0.29) is 5.91 Å². The van der Waals surface area contributed by atoms with Gasteiger partial charge in [-0.25, -0.2) is 0 Å². The van der Waals surface area contributed by atoms with Gasteiger partial charge in [-0.1, -0.05) is 18.2 Å². The zero-order chi connectivity index (χ0) is 19.2. The van der Waals surface area contributed by atoms with Crippen LogP contribution in [0.3, 0.4) is 0 Å². The molecule has 1 N–H and O–H groups in total. The molecule has 2 fully saturated rings. The van der Waals surface area contributed by atoms with Crippen LogP contribution in [-0.4, -0.2) is 55.1 Å². The van der Waals surface area contributed by atoms with Gasteiger partial charge >= 0.3 is 0 Å². The number of hydrogen-bond acceptors (Lipinski definition) is 6. The third-order valence-corrected chi connectivity index (χ3v) is 5.27. The van der Waals surface area contributed by atoms with Crippen molar-refractivity contribution in [1.82, 2.24) is 10.2 Å². The molecule has 1 aromatic heterocycles. The zero-order valence-electron chi connectivity index (χ0n) is 15.9. The van der Waals surface area contributed by atoms with Gasteiger partial charge in [0.15, 0.2) is 11.5 Å². The summed E-state index contributed by atoms with van der Waals surface area (Å²) >= 11 is 0. The van der Waals surface area contributed by atoms with E-state index in [9.17, 15) is 4.79 Å². The van der Waals surface area contributed by atoms with Gasteiger partial charge in [0, 0.05) is 31.3 Å². The van der Waals surface area contributed by atoms with Crippen molar-refractivity contribution in [3.05, 3.63) is 48.2 Å². The van der Waals surface area contributed by atoms with Crippen LogP contribution in [0.1, 0.15) is 29.8 Å². The van der Waals surface area contributed by atoms with Gasteiger partial charge in [-0.05, 0) is 43.5 Å². The lowest BCUT2D eigenvalue weighted by atomic mass is 10.1. The molecule has 28 heavy (non-hydrogen) atoms. The molecule has 3 heterocycles. The lowest BCUT2D eigenvalue weighted by molar-refractivity contribution is 0.0131. The number of aromatic nitrogens is 2. The van der Waals surface area contributed by atoms with Crippen molar-refractivity contribution in [1.29, 1.82) is 0 Å². The maximum Gasteiger partial charge on any atom is 0.276 e. The van der Waals surface area contributed by atoms with E-state index in [4.69, 9.17) is 9.47 Å². The molecule has 2 aliphatic rings. The van der Waals surface area contributed by atoms with Gasteiger partial charge < -0.3 is 19.7 Å². The van der Waals surface area contributed by atoms with E-state index >= 15 is 0 Å². The molecular weight excluding hydrogens is 356 g/mol. The summed E-state index contributed by atoms with van der Waals surface area (Å²) in [6.45, 7) is 4.27. The first-order valence-electron chi connectivity index (χ1n) is 9.92. The minimum absolute atomic E-state index is 0.256. The van der Waals surface area contributed by atoms with Crippen molar-refractivity contribution >= 4 is 17.4 Å². The van der Waals surface area contributed by atoms with Gasteiger partial charge in [0.05, 0.1) is 19.3 Å². The summed E-state index contributed by atoms with van der Waals surface area (Å²) in [6, 6.07) is 12.9. The highest BCUT2D eigenvalue weighted by Crippen LogP contribution is 2.21. The van der Waals surface area contributed by atoms with E-state index in [2.05, 4.69) is 20.4 Å². The molecule has 1 amide bonds. The molecule has 1 unspecified atom stereocenters. The predicted octanol–water partition coefficient (Wildman–Crippen LogP) is 2.75. The number of carbonyl (C=O) groups excluding carboxylic acids is 1. The Hall–Kier alpha value is -2.51. The van der Waals surface area contributed by atoms with Crippen LogP contribution in [0.25, 0.3) is 0 Å². The van der Waals surface area contributed by atoms with Gasteiger partial charge in [-0.15, -0.1) is 10.2 Å². The fourth-order valence-corrected chi connectivity index (χ4v) is 3.57. The highest BCUT2D eigenvalue weighted by molar-refractivity contribution is 6.02. The van der Waals surface area contributed by atoms with E-state index in [1.807, 2.05) is 36.4 Å². The lowest BCUT2D eigenvalue weighted by Crippen LogP contribution is -2.38. The topological polar surface area (TPSA) is 76.6 Å². The number of nitrogens with one attached hydrogen (secondary N) is 1. The van der Waals surface area contributed by atoms with Gasteiger partial charge in [-0.3, -0.25) is 4.79 Å². The number of nitrogens with zero attached hydrogens (tertiary/aromatic N) is 3. The smallest absolute Gasteiger partial charge is 0.276 e. The minimum atomic E-state index is -0.256. The SMILES string of the molecule is O=C(Nc1ccccc1)c1ccc(N2CCC(OCC3CCOC3)CC2)nn1. The molecule has 1 aromatic carbocycles. The third kappa shape index (κ3) is 4.85. The van der Waals surface area contributed by atoms with Crippen LogP contribution in [0.2, 0.25) is 0 Å². The van der Waals surface area contributed by atoms with Crippen LogP contribution in [-0.2, 0) is 9.47 Å². The Kier molecular flexibility index (Phi) is 6.14. The van der Waals surface area contributed by atoms with Crippen molar-refractivity contribution in [3.63, 3.8) is 0 Å². The molecule has 2 saturated heterocycles. The molecule has 148 valence electrons. The Morgan fingerprint density at radius 1 is 1.11 bits per heavy atom. The summed E-state index contributed by atoms with van der Waals surface area (Å²) in [4.78, 5) is 14.5. The Labute approximate surface area is 165 Å². The van der Waals surface area contributed by atoms with Gasteiger partial charge in [0.2, 0.25) is 0 Å². The first-order chi connectivity index (χ1) is 13.8. The summed E-state index contributed by atoms with van der Waals surface area (Å²) in [5.41, 5.74) is 1.05. The average molecular weight is 382 g/mol. The van der Waals surface area contributed by atoms with Crippen molar-refractivity contribution in [2.75, 3.05) is 43.1 Å². The number of amides is 1. The molecule has 7 nitrogen and oxygen atoms in total. The summed E-state index contributed by atoms with van der Waals surface area (Å²) in [6.07, 6.45) is 3.37. The van der Waals surface area contributed by atoms with Crippen molar-refractivity contribution in [3.8, 4) is 0 Å². The van der Waals surface area contributed by atoms with E-state index in [1.54, 1.807) is 6.07 Å². The molecule has 0 saturated carbocycles. The fourth-order valence-electron chi connectivity index (χ4n) is 3.57. The van der Waals surface area contributed by atoms with Crippen LogP contribution in [0.15, 0.2) is 42.5 Å². The van der Waals surface area contributed by atoms with Crippen molar-refractivity contribution in [2.45, 2.75) is 25.4 Å². The van der Waals surface area contributed by atoms with Crippen molar-refractivity contribution < 1.29 is 14.3 Å². The minimum Gasteiger partial charge on any atom is -0.381 e. The van der Waals surface area contributed by atoms with Crippen LogP contribution < -0.4 is 10.2 Å². The maximum absolute atomic E-state index is 12.3. The van der Waals surface area contributed by atoms with Crippen molar-refractivity contribution in [2.24, 2.45) is 5.92 Å². The summed E-state index contributed by atoms with van der Waals surface area (Å²) in [5.74, 6) is 1.10. The molecule has 0 spiro atoms. The first-order valence-corrected chi connectivity index (χ1v) is 9.92. The van der Waals surface area contributed by atoms with Crippen LogP contribution in [0.4, 0.5) is 11.5 Å². The Balaban J connectivity index is 1.25. The number of para-hydroxylation sites is 1. The number of rotatable bonds is 6. The monoisotopic (exact) mass is 382 g/mol. The highest BCUT2D eigenvalue weighted by Gasteiger charge is 2.23. The van der Waals surface area contributed by atoms with Crippen LogP contribution in [0.5, 0.6) is 0 Å². The molecule has 2 aliphatic heterocycles. The Morgan fingerprint density at radius 2 is 1.93 bits per heavy atom. The Bertz CT molecular complexity index is 755. The second-order valence-electron chi connectivity index (χ2n) is 7.35. The van der Waals surface area contributed by atoms with Gasteiger partial charge in [-0.2, -0.15) is 0 Å². The molecule has 4 rings (SSSR count). The number of ether oxygens (including phenoxy) is 2. The fraction of sp³-hybridized carbons (Fsp3) is 0.476. The largest absolute Gasteiger partial charge is 0.381 e. The number of piperidine rings is 1. The number of hydrogen-bond donors (Lipinski definition) is 1.